The van der Waals surface area contributed by atoms with Crippen molar-refractivity contribution < 1.29 is 9.59 Å². The van der Waals surface area contributed by atoms with Crippen LogP contribution in [0, 0.1) is 17.2 Å². The largest absolute Gasteiger partial charge is 0.282 e. The maximum atomic E-state index is 11.3. The number of hydrogen-bond donors (Lipinski definition) is 0. The first kappa shape index (κ1) is 9.72. The molecule has 1 saturated heterocycles. The Bertz CT molecular complexity index is 249. The molecule has 0 radical (unpaired) electrons. The van der Waals surface area contributed by atoms with Crippen LogP contribution in [0.15, 0.2) is 0 Å². The van der Waals surface area contributed by atoms with Crippen molar-refractivity contribution in [2.24, 2.45) is 5.92 Å². The number of carbonyl (C=O) groups is 2. The third-order valence-corrected chi connectivity index (χ3v) is 2.10. The second-order valence-corrected chi connectivity index (χ2v) is 3.36. The first-order valence-electron chi connectivity index (χ1n) is 4.35. The highest BCUT2D eigenvalue weighted by atomic mass is 16.2. The summed E-state index contributed by atoms with van der Waals surface area (Å²) in [6, 6.07) is 1.92. The van der Waals surface area contributed by atoms with Gasteiger partial charge in [-0.1, -0.05) is 6.92 Å². The van der Waals surface area contributed by atoms with Gasteiger partial charge in [-0.25, -0.2) is 0 Å². The molecule has 13 heavy (non-hydrogen) atoms. The summed E-state index contributed by atoms with van der Waals surface area (Å²) in [5.74, 6) is -0.128. The van der Waals surface area contributed by atoms with Gasteiger partial charge in [-0.3, -0.25) is 14.5 Å². The Kier molecular flexibility index (Phi) is 3.02. The van der Waals surface area contributed by atoms with Crippen molar-refractivity contribution in [3.63, 3.8) is 0 Å². The zero-order valence-corrected chi connectivity index (χ0v) is 7.62. The van der Waals surface area contributed by atoms with Crippen LogP contribution in [0.4, 0.5) is 0 Å². The van der Waals surface area contributed by atoms with Crippen molar-refractivity contribution in [1.82, 2.24) is 4.90 Å². The summed E-state index contributed by atoms with van der Waals surface area (Å²) in [5.41, 5.74) is 0. The maximum Gasteiger partial charge on any atom is 0.229 e. The first-order chi connectivity index (χ1) is 6.15. The van der Waals surface area contributed by atoms with Gasteiger partial charge in [-0.2, -0.15) is 5.26 Å². The number of likely N-dealkylation sites (tertiary alicyclic amines) is 1. The molecule has 0 bridgehead atoms. The average Bonchev–Trinajstić information content (AvgIpc) is 2.02. The van der Waals surface area contributed by atoms with Crippen LogP contribution >= 0.6 is 0 Å². The predicted octanol–water partition coefficient (Wildman–Crippen LogP) is 0.685. The number of nitriles is 1. The zero-order valence-electron chi connectivity index (χ0n) is 7.62. The van der Waals surface area contributed by atoms with Crippen LogP contribution in [-0.4, -0.2) is 23.3 Å². The van der Waals surface area contributed by atoms with Gasteiger partial charge < -0.3 is 0 Å². The number of hydrogen-bond acceptors (Lipinski definition) is 3. The molecular weight excluding hydrogens is 168 g/mol. The summed E-state index contributed by atoms with van der Waals surface area (Å²) in [4.78, 5) is 23.8. The van der Waals surface area contributed by atoms with E-state index in [2.05, 4.69) is 0 Å². The SMILES string of the molecule is CC1CC(=O)N(CCC#N)C(=O)C1. The van der Waals surface area contributed by atoms with E-state index in [9.17, 15) is 9.59 Å². The molecule has 1 rings (SSSR count). The van der Waals surface area contributed by atoms with Gasteiger partial charge in [0.05, 0.1) is 12.5 Å². The van der Waals surface area contributed by atoms with Crippen LogP contribution in [0.1, 0.15) is 26.2 Å². The summed E-state index contributed by atoms with van der Waals surface area (Å²) in [5, 5.41) is 8.32. The van der Waals surface area contributed by atoms with Crippen LogP contribution in [0.3, 0.4) is 0 Å². The third-order valence-electron chi connectivity index (χ3n) is 2.10. The monoisotopic (exact) mass is 180 g/mol. The molecule has 0 saturated carbocycles. The minimum absolute atomic E-state index is 0.140. The van der Waals surface area contributed by atoms with Gasteiger partial charge in [0.1, 0.15) is 0 Å². The van der Waals surface area contributed by atoms with Crippen molar-refractivity contribution >= 4 is 11.8 Å². The van der Waals surface area contributed by atoms with Gasteiger partial charge >= 0.3 is 0 Å². The molecule has 0 aromatic heterocycles. The van der Waals surface area contributed by atoms with E-state index >= 15 is 0 Å². The van der Waals surface area contributed by atoms with Crippen LogP contribution in [0.5, 0.6) is 0 Å². The zero-order chi connectivity index (χ0) is 9.84. The number of amides is 2. The van der Waals surface area contributed by atoms with E-state index in [0.29, 0.717) is 12.8 Å². The molecule has 0 N–H and O–H groups in total. The van der Waals surface area contributed by atoms with E-state index in [1.165, 1.54) is 4.90 Å². The van der Waals surface area contributed by atoms with Crippen LogP contribution < -0.4 is 0 Å². The Morgan fingerprint density at radius 1 is 1.46 bits per heavy atom. The molecule has 1 aliphatic heterocycles. The van der Waals surface area contributed by atoms with Gasteiger partial charge in [0.2, 0.25) is 11.8 Å². The van der Waals surface area contributed by atoms with E-state index in [1.807, 2.05) is 13.0 Å². The molecule has 4 heteroatoms. The second-order valence-electron chi connectivity index (χ2n) is 3.36. The molecule has 0 aliphatic carbocycles. The summed E-state index contributed by atoms with van der Waals surface area (Å²) >= 11 is 0. The van der Waals surface area contributed by atoms with Gasteiger partial charge in [-0.05, 0) is 5.92 Å². The van der Waals surface area contributed by atoms with E-state index in [-0.39, 0.29) is 30.7 Å². The Labute approximate surface area is 77.1 Å². The number of nitrogens with zero attached hydrogens (tertiary/aromatic N) is 2. The molecule has 0 aromatic carbocycles. The summed E-state index contributed by atoms with van der Waals surface area (Å²) < 4.78 is 0. The maximum absolute atomic E-state index is 11.3. The average molecular weight is 180 g/mol. The molecule has 1 fully saturated rings. The molecule has 1 aliphatic rings. The highest BCUT2D eigenvalue weighted by Crippen LogP contribution is 2.18. The molecule has 1 heterocycles. The summed E-state index contributed by atoms with van der Waals surface area (Å²) in [7, 11) is 0. The van der Waals surface area contributed by atoms with Crippen molar-refractivity contribution in [2.45, 2.75) is 26.2 Å². The topological polar surface area (TPSA) is 61.2 Å². The van der Waals surface area contributed by atoms with Gasteiger partial charge in [-0.15, -0.1) is 0 Å². The fraction of sp³-hybridized carbons (Fsp3) is 0.667. The number of piperidine rings is 1. The lowest BCUT2D eigenvalue weighted by molar-refractivity contribution is -0.149. The summed E-state index contributed by atoms with van der Waals surface area (Å²) in [6.07, 6.45) is 1.08. The smallest absolute Gasteiger partial charge is 0.229 e. The molecule has 4 nitrogen and oxygen atoms in total. The van der Waals surface area contributed by atoms with E-state index in [0.717, 1.165) is 0 Å². The minimum atomic E-state index is -0.140. The molecule has 0 atom stereocenters. The lowest BCUT2D eigenvalue weighted by Crippen LogP contribution is -2.43. The lowest BCUT2D eigenvalue weighted by Gasteiger charge is -2.27. The molecule has 70 valence electrons. The molecule has 0 unspecified atom stereocenters. The third kappa shape index (κ3) is 2.28. The minimum Gasteiger partial charge on any atom is -0.282 e. The number of carbonyl (C=O) groups excluding carboxylic acids is 2. The second kappa shape index (κ2) is 4.04. The quantitative estimate of drug-likeness (QED) is 0.587. The Balaban J connectivity index is 2.58. The lowest BCUT2D eigenvalue weighted by atomic mass is 9.98. The van der Waals surface area contributed by atoms with Crippen molar-refractivity contribution in [3.05, 3.63) is 0 Å². The van der Waals surface area contributed by atoms with Crippen molar-refractivity contribution in [3.8, 4) is 6.07 Å². The Morgan fingerprint density at radius 2 is 2.00 bits per heavy atom. The number of rotatable bonds is 2. The van der Waals surface area contributed by atoms with Crippen LogP contribution in [-0.2, 0) is 9.59 Å². The molecule has 0 aromatic rings. The first-order valence-corrected chi connectivity index (χ1v) is 4.35. The van der Waals surface area contributed by atoms with E-state index in [4.69, 9.17) is 5.26 Å². The molecule has 0 spiro atoms. The van der Waals surface area contributed by atoms with Crippen LogP contribution in [0.2, 0.25) is 0 Å². The Hall–Kier alpha value is -1.37. The fourth-order valence-electron chi connectivity index (χ4n) is 1.44. The standard InChI is InChI=1S/C9H12N2O2/c1-7-5-8(12)11(4-2-3-10)9(13)6-7/h7H,2,4-6H2,1H3. The molecule has 2 amide bonds. The molecular formula is C9H12N2O2. The highest BCUT2D eigenvalue weighted by molar-refractivity contribution is 5.97. The highest BCUT2D eigenvalue weighted by Gasteiger charge is 2.29. The summed E-state index contributed by atoms with van der Waals surface area (Å²) in [6.45, 7) is 2.14. The predicted molar refractivity (Wildman–Crippen MR) is 45.3 cm³/mol. The van der Waals surface area contributed by atoms with Gasteiger partial charge in [0.15, 0.2) is 0 Å². The van der Waals surface area contributed by atoms with Gasteiger partial charge in [0.25, 0.3) is 0 Å². The normalized spacial score (nSPS) is 18.9. The van der Waals surface area contributed by atoms with Crippen LogP contribution in [0.25, 0.3) is 0 Å². The fourth-order valence-corrected chi connectivity index (χ4v) is 1.44. The van der Waals surface area contributed by atoms with Crippen molar-refractivity contribution in [1.29, 1.82) is 5.26 Å². The van der Waals surface area contributed by atoms with Gasteiger partial charge in [0, 0.05) is 19.4 Å². The Morgan fingerprint density at radius 3 is 2.46 bits per heavy atom. The van der Waals surface area contributed by atoms with Crippen molar-refractivity contribution in [2.75, 3.05) is 6.54 Å². The van der Waals surface area contributed by atoms with E-state index in [1.54, 1.807) is 0 Å². The number of imide groups is 1. The van der Waals surface area contributed by atoms with E-state index < -0.39 is 0 Å².